The lowest BCUT2D eigenvalue weighted by Gasteiger charge is -2.16. The first-order valence-corrected chi connectivity index (χ1v) is 19.2. The molecular weight excluding hydrogens is 828 g/mol. The summed E-state index contributed by atoms with van der Waals surface area (Å²) in [7, 11) is -2.32. The van der Waals surface area contributed by atoms with Crippen LogP contribution in [0.3, 0.4) is 0 Å². The van der Waals surface area contributed by atoms with Gasteiger partial charge in [-0.1, -0.05) is 71.0 Å². The Morgan fingerprint density at radius 2 is 0.821 bits per heavy atom. The van der Waals surface area contributed by atoms with Crippen LogP contribution in [0, 0.1) is 40.5 Å². The van der Waals surface area contributed by atoms with Crippen LogP contribution in [0.4, 0.5) is 34.1 Å². The van der Waals surface area contributed by atoms with Crippen LogP contribution in [0.25, 0.3) is 22.3 Å². The highest BCUT2D eigenvalue weighted by atomic mass is 35.5. The van der Waals surface area contributed by atoms with Crippen molar-refractivity contribution < 1.29 is 23.9 Å². The SMILES string of the molecule is Nc1ccc(S(=O)c2ccc(N)c([N+](=O)[O-])c2-c2ccc(Sc3ccc(Cl)c([N+](=O)[O-])c3)cc2)c(-c2ccc(Sc3ccc(Cl)c([N+](=O)[O-])c3)cc2)c1[N+](=O)[O-]. The van der Waals surface area contributed by atoms with Crippen LogP contribution in [0.15, 0.2) is 139 Å². The van der Waals surface area contributed by atoms with Gasteiger partial charge in [-0.3, -0.25) is 40.5 Å². The lowest BCUT2D eigenvalue weighted by atomic mass is 10.0. The summed E-state index contributed by atoms with van der Waals surface area (Å²) < 4.78 is 14.7. The topological polar surface area (TPSA) is 242 Å². The van der Waals surface area contributed by atoms with E-state index >= 15 is 0 Å². The number of nitro groups is 4. The fraction of sp³-hybridized carbons (Fsp3) is 0. The summed E-state index contributed by atoms with van der Waals surface area (Å²) in [4.78, 5) is 47.1. The second kappa shape index (κ2) is 16.4. The van der Waals surface area contributed by atoms with Gasteiger partial charge in [0, 0.05) is 31.7 Å². The number of nitro benzene ring substituents is 4. The standard InChI is InChI=1S/C36H22Cl2N6O9S3/c37-25-11-9-23(17-29(25)41(45)46)54-21-5-1-19(2-6-21)33-31(15-13-27(39)35(33)43(49)50)56(53)32-16-14-28(40)36(44(51)52)34(32)20-3-7-22(8-4-20)55-24-10-12-26(38)30(18-24)42(47)48/h1-18H,39-40H2. The lowest BCUT2D eigenvalue weighted by Crippen LogP contribution is -2.06. The first-order chi connectivity index (χ1) is 26.6. The minimum atomic E-state index is -2.32. The monoisotopic (exact) mass is 848 g/mol. The third-order valence-corrected chi connectivity index (χ3v) is 12.2. The predicted molar refractivity (Wildman–Crippen MR) is 215 cm³/mol. The van der Waals surface area contributed by atoms with E-state index in [0.29, 0.717) is 19.6 Å². The van der Waals surface area contributed by atoms with Crippen molar-refractivity contribution in [3.8, 4) is 22.3 Å². The Morgan fingerprint density at radius 3 is 1.14 bits per heavy atom. The third kappa shape index (κ3) is 8.14. The minimum Gasteiger partial charge on any atom is -0.393 e. The number of nitrogens with zero attached hydrogens (tertiary/aromatic N) is 4. The molecule has 0 heterocycles. The summed E-state index contributed by atoms with van der Waals surface area (Å²) in [5, 5.41) is 47.6. The van der Waals surface area contributed by atoms with E-state index in [0.717, 1.165) is 0 Å². The number of hydrogen-bond acceptors (Lipinski definition) is 13. The number of nitrogen functional groups attached to an aromatic ring is 2. The quantitative estimate of drug-likeness (QED) is 0.0662. The Bertz CT molecular complexity index is 2450. The molecule has 15 nitrogen and oxygen atoms in total. The highest BCUT2D eigenvalue weighted by Gasteiger charge is 2.31. The van der Waals surface area contributed by atoms with Gasteiger partial charge in [-0.15, -0.1) is 0 Å². The molecule has 56 heavy (non-hydrogen) atoms. The first-order valence-electron chi connectivity index (χ1n) is 15.6. The fourth-order valence-electron chi connectivity index (χ4n) is 5.60. The van der Waals surface area contributed by atoms with E-state index < -0.39 is 41.9 Å². The molecule has 20 heteroatoms. The van der Waals surface area contributed by atoms with E-state index in [1.54, 1.807) is 36.4 Å². The molecule has 0 atom stereocenters. The van der Waals surface area contributed by atoms with Gasteiger partial charge in [0.2, 0.25) is 0 Å². The van der Waals surface area contributed by atoms with Crippen molar-refractivity contribution in [3.63, 3.8) is 0 Å². The van der Waals surface area contributed by atoms with Crippen LogP contribution in [0.5, 0.6) is 0 Å². The van der Waals surface area contributed by atoms with Crippen molar-refractivity contribution in [1.29, 1.82) is 0 Å². The zero-order chi connectivity index (χ0) is 40.4. The van der Waals surface area contributed by atoms with Crippen LogP contribution in [0.2, 0.25) is 10.0 Å². The van der Waals surface area contributed by atoms with Crippen molar-refractivity contribution in [2.75, 3.05) is 11.5 Å². The molecule has 4 N–H and O–H groups in total. The van der Waals surface area contributed by atoms with Crippen LogP contribution in [0.1, 0.15) is 0 Å². The van der Waals surface area contributed by atoms with Crippen molar-refractivity contribution in [1.82, 2.24) is 0 Å². The maximum absolute atomic E-state index is 14.7. The number of benzene rings is 6. The summed E-state index contributed by atoms with van der Waals surface area (Å²) in [6.45, 7) is 0. The Hall–Kier alpha value is -6.05. The smallest absolute Gasteiger partial charge is 0.301 e. The fourth-order valence-corrected chi connectivity index (χ4v) is 9.09. The van der Waals surface area contributed by atoms with Gasteiger partial charge in [-0.2, -0.15) is 0 Å². The summed E-state index contributed by atoms with van der Waals surface area (Å²) in [6, 6.07) is 26.4. The highest BCUT2D eigenvalue weighted by Crippen LogP contribution is 2.46. The van der Waals surface area contributed by atoms with E-state index in [-0.39, 0.29) is 64.8 Å². The van der Waals surface area contributed by atoms with Gasteiger partial charge in [0.25, 0.3) is 11.4 Å². The number of halogens is 2. The molecule has 0 fully saturated rings. The zero-order valence-electron chi connectivity index (χ0n) is 28.0. The molecule has 0 aromatic heterocycles. The van der Waals surface area contributed by atoms with Gasteiger partial charge < -0.3 is 11.5 Å². The average molecular weight is 850 g/mol. The average Bonchev–Trinajstić information content (AvgIpc) is 3.16. The molecule has 282 valence electrons. The number of nitrogens with two attached hydrogens (primary N) is 2. The maximum Gasteiger partial charge on any atom is 0.301 e. The van der Waals surface area contributed by atoms with Gasteiger partial charge in [-0.25, -0.2) is 4.21 Å². The van der Waals surface area contributed by atoms with Crippen molar-refractivity contribution in [2.45, 2.75) is 29.4 Å². The normalized spacial score (nSPS) is 11.1. The third-order valence-electron chi connectivity index (χ3n) is 8.09. The van der Waals surface area contributed by atoms with Gasteiger partial charge in [0.05, 0.1) is 51.4 Å². The summed E-state index contributed by atoms with van der Waals surface area (Å²) in [5.41, 5.74) is 10.4. The molecule has 0 saturated carbocycles. The molecule has 0 spiro atoms. The molecule has 0 unspecified atom stereocenters. The molecule has 0 saturated heterocycles. The van der Waals surface area contributed by atoms with E-state index in [4.69, 9.17) is 34.7 Å². The summed E-state index contributed by atoms with van der Waals surface area (Å²) >= 11 is 14.2. The van der Waals surface area contributed by atoms with Crippen molar-refractivity contribution >= 4 is 91.6 Å². The lowest BCUT2D eigenvalue weighted by molar-refractivity contribution is -0.385. The highest BCUT2D eigenvalue weighted by molar-refractivity contribution is 7.99. The molecule has 6 aromatic rings. The second-order valence-corrected chi connectivity index (χ2v) is 16.1. The Labute approximate surface area is 336 Å². The number of anilines is 2. The van der Waals surface area contributed by atoms with Crippen molar-refractivity contribution in [3.05, 3.63) is 160 Å². The Balaban J connectivity index is 1.42. The molecule has 6 rings (SSSR count). The number of hydrogen-bond donors (Lipinski definition) is 2. The molecule has 0 bridgehead atoms. The zero-order valence-corrected chi connectivity index (χ0v) is 32.0. The molecule has 0 aliphatic heterocycles. The predicted octanol–water partition coefficient (Wildman–Crippen LogP) is 10.6. The van der Waals surface area contributed by atoms with Gasteiger partial charge in [0.1, 0.15) is 21.4 Å². The van der Waals surface area contributed by atoms with E-state index in [1.165, 1.54) is 96.3 Å². The first kappa shape index (κ1) is 39.6. The number of rotatable bonds is 12. The van der Waals surface area contributed by atoms with E-state index in [1.807, 2.05) is 0 Å². The van der Waals surface area contributed by atoms with Gasteiger partial charge >= 0.3 is 11.4 Å². The molecule has 0 amide bonds. The Morgan fingerprint density at radius 1 is 0.482 bits per heavy atom. The Kier molecular flexibility index (Phi) is 11.6. The minimum absolute atomic E-state index is 0.0287. The molecular formula is C36H22Cl2N6O9S3. The second-order valence-electron chi connectivity index (χ2n) is 11.5. The van der Waals surface area contributed by atoms with Crippen LogP contribution in [-0.2, 0) is 10.8 Å². The van der Waals surface area contributed by atoms with E-state index in [2.05, 4.69) is 0 Å². The largest absolute Gasteiger partial charge is 0.393 e. The van der Waals surface area contributed by atoms with E-state index in [9.17, 15) is 44.7 Å². The van der Waals surface area contributed by atoms with Crippen LogP contribution in [-0.4, -0.2) is 23.9 Å². The summed E-state index contributed by atoms with van der Waals surface area (Å²) in [5.74, 6) is 0. The molecule has 0 aliphatic rings. The summed E-state index contributed by atoms with van der Waals surface area (Å²) in [6.07, 6.45) is 0. The molecule has 6 aromatic carbocycles. The molecule has 0 radical (unpaired) electrons. The van der Waals surface area contributed by atoms with Gasteiger partial charge in [0.15, 0.2) is 0 Å². The van der Waals surface area contributed by atoms with Crippen molar-refractivity contribution in [2.24, 2.45) is 0 Å². The van der Waals surface area contributed by atoms with Crippen LogP contribution >= 0.6 is 46.7 Å². The molecule has 0 aliphatic carbocycles. The van der Waals surface area contributed by atoms with Crippen LogP contribution < -0.4 is 11.5 Å². The van der Waals surface area contributed by atoms with Gasteiger partial charge in [-0.05, 0) is 83.9 Å². The maximum atomic E-state index is 14.7.